The first-order chi connectivity index (χ1) is 14.8. The van der Waals surface area contributed by atoms with Crippen LogP contribution in [0, 0.1) is 0 Å². The Kier molecular flexibility index (Phi) is 4.62. The van der Waals surface area contributed by atoms with Gasteiger partial charge in [-0.15, -0.1) is 0 Å². The fraction of sp³-hybridized carbons (Fsp3) is 0.0400. The fourth-order valence-corrected chi connectivity index (χ4v) is 3.53. The highest BCUT2D eigenvalue weighted by Crippen LogP contribution is 2.25. The molecule has 0 spiro atoms. The van der Waals surface area contributed by atoms with Crippen molar-refractivity contribution in [2.75, 3.05) is 0 Å². The largest absolute Gasteiger partial charge is 0.457 e. The lowest BCUT2D eigenvalue weighted by Crippen LogP contribution is -2.04. The molecule has 5 aromatic rings. The number of nitrogens with one attached hydrogen (secondary N) is 1. The summed E-state index contributed by atoms with van der Waals surface area (Å²) < 4.78 is 7.50. The third kappa shape index (κ3) is 3.37. The Bertz CT molecular complexity index is 1300. The maximum absolute atomic E-state index is 12.7. The molecule has 1 N–H and O–H groups in total. The predicted molar refractivity (Wildman–Crippen MR) is 116 cm³/mol. The molecular formula is C25H19N3O2. The molecule has 3 aromatic carbocycles. The van der Waals surface area contributed by atoms with Crippen molar-refractivity contribution >= 4 is 16.9 Å². The first-order valence-corrected chi connectivity index (χ1v) is 9.72. The van der Waals surface area contributed by atoms with Crippen LogP contribution in [0.3, 0.4) is 0 Å². The van der Waals surface area contributed by atoms with Crippen LogP contribution in [-0.4, -0.2) is 20.7 Å². The quantitative estimate of drug-likeness (QED) is 0.408. The molecule has 0 fully saturated rings. The maximum atomic E-state index is 12.7. The van der Waals surface area contributed by atoms with E-state index in [1.54, 1.807) is 6.20 Å². The van der Waals surface area contributed by atoms with Crippen molar-refractivity contribution in [2.24, 2.45) is 0 Å². The molecule has 5 rings (SSSR count). The van der Waals surface area contributed by atoms with Crippen LogP contribution in [0.2, 0.25) is 0 Å². The lowest BCUT2D eigenvalue weighted by Gasteiger charge is -2.05. The average molecular weight is 393 g/mol. The van der Waals surface area contributed by atoms with E-state index in [4.69, 9.17) is 9.84 Å². The van der Waals surface area contributed by atoms with Crippen molar-refractivity contribution in [3.05, 3.63) is 108 Å². The molecule has 2 heterocycles. The molecule has 0 radical (unpaired) electrons. The Morgan fingerprint density at radius 3 is 2.40 bits per heavy atom. The summed E-state index contributed by atoms with van der Waals surface area (Å²) in [6.45, 7) is 0.134. The van der Waals surface area contributed by atoms with Gasteiger partial charge in [-0.25, -0.2) is 9.48 Å². The van der Waals surface area contributed by atoms with E-state index in [1.807, 2.05) is 95.8 Å². The lowest BCUT2D eigenvalue weighted by atomic mass is 10.1. The second-order valence-corrected chi connectivity index (χ2v) is 6.97. The minimum Gasteiger partial charge on any atom is -0.457 e. The number of esters is 1. The zero-order valence-electron chi connectivity index (χ0n) is 16.2. The second kappa shape index (κ2) is 7.72. The monoisotopic (exact) mass is 393 g/mol. The predicted octanol–water partition coefficient (Wildman–Crippen LogP) is 5.38. The van der Waals surface area contributed by atoms with Gasteiger partial charge in [0.1, 0.15) is 6.61 Å². The summed E-state index contributed by atoms with van der Waals surface area (Å²) in [6.07, 6.45) is 3.61. The van der Waals surface area contributed by atoms with E-state index in [2.05, 4.69) is 4.98 Å². The van der Waals surface area contributed by atoms with Crippen molar-refractivity contribution in [3.63, 3.8) is 0 Å². The zero-order chi connectivity index (χ0) is 20.3. The van der Waals surface area contributed by atoms with Crippen LogP contribution in [-0.2, 0) is 11.3 Å². The van der Waals surface area contributed by atoms with Crippen LogP contribution in [0.5, 0.6) is 0 Å². The molecule has 0 aliphatic heterocycles. The molecule has 0 atom stereocenters. The van der Waals surface area contributed by atoms with Gasteiger partial charge in [-0.1, -0.05) is 66.7 Å². The number of rotatable bonds is 5. The van der Waals surface area contributed by atoms with Crippen molar-refractivity contribution in [3.8, 4) is 16.9 Å². The van der Waals surface area contributed by atoms with Crippen LogP contribution in [0.4, 0.5) is 0 Å². The summed E-state index contributed by atoms with van der Waals surface area (Å²) in [5.74, 6) is -0.362. The number of hydrogen-bond acceptors (Lipinski definition) is 3. The highest BCUT2D eigenvalue weighted by molar-refractivity contribution is 6.04. The van der Waals surface area contributed by atoms with E-state index in [0.29, 0.717) is 5.56 Å². The Morgan fingerprint density at radius 1 is 0.900 bits per heavy atom. The summed E-state index contributed by atoms with van der Waals surface area (Å²) in [5, 5.41) is 5.61. The Hall–Kier alpha value is -4.12. The number of hydrogen-bond donors (Lipinski definition) is 1. The number of aromatic nitrogens is 3. The minimum atomic E-state index is -0.362. The number of nitrogens with zero attached hydrogens (tertiary/aromatic N) is 2. The van der Waals surface area contributed by atoms with E-state index in [0.717, 1.165) is 33.4 Å². The molecule has 0 saturated heterocycles. The molecule has 0 aliphatic carbocycles. The van der Waals surface area contributed by atoms with Gasteiger partial charge in [-0.05, 0) is 18.2 Å². The van der Waals surface area contributed by atoms with Crippen LogP contribution < -0.4 is 0 Å². The number of benzene rings is 3. The SMILES string of the molecule is O=C(OCc1cn(-c2ccccc2)nc1-c1ccccc1)c1c[nH]c2ccccc12. The van der Waals surface area contributed by atoms with Gasteiger partial charge in [-0.2, -0.15) is 5.10 Å². The van der Waals surface area contributed by atoms with Crippen molar-refractivity contribution in [2.45, 2.75) is 6.61 Å². The third-order valence-electron chi connectivity index (χ3n) is 5.03. The Morgan fingerprint density at radius 2 is 1.60 bits per heavy atom. The molecule has 0 unspecified atom stereocenters. The zero-order valence-corrected chi connectivity index (χ0v) is 16.2. The summed E-state index contributed by atoms with van der Waals surface area (Å²) >= 11 is 0. The summed E-state index contributed by atoms with van der Waals surface area (Å²) in [5.41, 5.74) is 5.01. The third-order valence-corrected chi connectivity index (χ3v) is 5.03. The van der Waals surface area contributed by atoms with Crippen LogP contribution in [0.1, 0.15) is 15.9 Å². The van der Waals surface area contributed by atoms with Gasteiger partial charge in [0.05, 0.1) is 16.9 Å². The first-order valence-electron chi connectivity index (χ1n) is 9.72. The molecule has 2 aromatic heterocycles. The van der Waals surface area contributed by atoms with Crippen molar-refractivity contribution < 1.29 is 9.53 Å². The number of fused-ring (bicyclic) bond motifs is 1. The maximum Gasteiger partial charge on any atom is 0.340 e. The molecule has 146 valence electrons. The average Bonchev–Trinajstić information content (AvgIpc) is 3.43. The molecular weight excluding hydrogens is 374 g/mol. The van der Waals surface area contributed by atoms with E-state index < -0.39 is 0 Å². The van der Waals surface area contributed by atoms with E-state index >= 15 is 0 Å². The number of carbonyl (C=O) groups excluding carboxylic acids is 1. The molecule has 0 bridgehead atoms. The molecule has 0 aliphatic rings. The summed E-state index contributed by atoms with van der Waals surface area (Å²) in [6, 6.07) is 27.5. The normalized spacial score (nSPS) is 10.9. The van der Waals surface area contributed by atoms with Crippen LogP contribution in [0.15, 0.2) is 97.3 Å². The molecule has 30 heavy (non-hydrogen) atoms. The molecule has 0 saturated carbocycles. The number of H-pyrrole nitrogens is 1. The summed E-state index contributed by atoms with van der Waals surface area (Å²) in [7, 11) is 0. The van der Waals surface area contributed by atoms with Gasteiger partial charge in [-0.3, -0.25) is 0 Å². The molecule has 0 amide bonds. The minimum absolute atomic E-state index is 0.134. The standard InChI is InChI=1S/C25H19N3O2/c29-25(22-15-26-23-14-8-7-13-21(22)23)30-17-19-16-28(20-11-5-2-6-12-20)27-24(19)18-9-3-1-4-10-18/h1-16,26H,17H2. The lowest BCUT2D eigenvalue weighted by molar-refractivity contribution is 0.0476. The Labute approximate surface area is 173 Å². The number of aromatic amines is 1. The number of para-hydroxylation sites is 2. The molecule has 5 nitrogen and oxygen atoms in total. The van der Waals surface area contributed by atoms with Gasteiger partial charge >= 0.3 is 5.97 Å². The highest BCUT2D eigenvalue weighted by atomic mass is 16.5. The smallest absolute Gasteiger partial charge is 0.340 e. The highest BCUT2D eigenvalue weighted by Gasteiger charge is 2.17. The molecule has 5 heteroatoms. The first kappa shape index (κ1) is 17.9. The second-order valence-electron chi connectivity index (χ2n) is 6.97. The van der Waals surface area contributed by atoms with Gasteiger partial charge in [0, 0.05) is 34.4 Å². The van der Waals surface area contributed by atoms with E-state index in [-0.39, 0.29) is 12.6 Å². The van der Waals surface area contributed by atoms with Gasteiger partial charge in [0.15, 0.2) is 0 Å². The van der Waals surface area contributed by atoms with Gasteiger partial charge in [0.2, 0.25) is 0 Å². The number of ether oxygens (including phenoxy) is 1. The summed E-state index contributed by atoms with van der Waals surface area (Å²) in [4.78, 5) is 15.9. The van der Waals surface area contributed by atoms with Crippen molar-refractivity contribution in [1.29, 1.82) is 0 Å². The van der Waals surface area contributed by atoms with Crippen LogP contribution >= 0.6 is 0 Å². The van der Waals surface area contributed by atoms with E-state index in [1.165, 1.54) is 0 Å². The van der Waals surface area contributed by atoms with Gasteiger partial charge in [0.25, 0.3) is 0 Å². The van der Waals surface area contributed by atoms with Crippen molar-refractivity contribution in [1.82, 2.24) is 14.8 Å². The topological polar surface area (TPSA) is 59.9 Å². The number of carbonyl (C=O) groups is 1. The fourth-order valence-electron chi connectivity index (χ4n) is 3.53. The van der Waals surface area contributed by atoms with Gasteiger partial charge < -0.3 is 9.72 Å². The van der Waals surface area contributed by atoms with Crippen LogP contribution in [0.25, 0.3) is 27.8 Å². The Balaban J connectivity index is 1.46. The van der Waals surface area contributed by atoms with E-state index in [9.17, 15) is 4.79 Å².